The van der Waals surface area contributed by atoms with Gasteiger partial charge in [-0.2, -0.15) is 0 Å². The third-order valence-corrected chi connectivity index (χ3v) is 11.1. The molecule has 0 heterocycles. The van der Waals surface area contributed by atoms with Gasteiger partial charge in [0.2, 0.25) is 0 Å². The molecule has 0 N–H and O–H groups in total. The molecule has 0 amide bonds. The summed E-state index contributed by atoms with van der Waals surface area (Å²) >= 11 is 4.32. The first-order valence-corrected chi connectivity index (χ1v) is 23.3. The number of thiol groups is 1. The summed E-state index contributed by atoms with van der Waals surface area (Å²) in [5.74, 6) is 0. The second-order valence-electron chi connectivity index (χ2n) is 16.1. The van der Waals surface area contributed by atoms with Crippen LogP contribution in [0, 0.1) is 0 Å². The minimum absolute atomic E-state index is 0.844. The minimum atomic E-state index is 0.844. The van der Waals surface area contributed by atoms with Crippen molar-refractivity contribution in [2.45, 2.75) is 4.90 Å². The predicted molar refractivity (Wildman–Crippen MR) is 303 cm³/mol. The van der Waals surface area contributed by atoms with Crippen molar-refractivity contribution in [2.75, 3.05) is 0 Å². The molecule has 0 unspecified atom stereocenters. The van der Waals surface area contributed by atoms with E-state index in [1.807, 2.05) is 274 Å². The lowest BCUT2D eigenvalue weighted by Crippen LogP contribution is -1.85. The van der Waals surface area contributed by atoms with Gasteiger partial charge in [0, 0.05) is 54.6 Å². The first-order chi connectivity index (χ1) is 35.0. The van der Waals surface area contributed by atoms with Crippen molar-refractivity contribution in [3.63, 3.8) is 0 Å². The molecule has 0 radical (unpaired) electrons. The van der Waals surface area contributed by atoms with Gasteiger partial charge in [-0.05, 0) is 154 Å². The standard InChI is InChI=1S/C62H46N8S/c71-62-36-34-61(35-37-62)70-45-53-20-18-52(19-21-53)44-69-60-32-30-59(31-33-60)68-43-51-16-14-50(15-17-51)42-67-58-28-26-57(27-29-58)66-41-49-12-10-48(11-13-49)40-65-56-24-22-55(23-25-56)64-39-47-8-6-46(7-9-47)38-63-54-4-2-1-3-5-54/h1-45,71H. The van der Waals surface area contributed by atoms with E-state index >= 15 is 0 Å². The van der Waals surface area contributed by atoms with Gasteiger partial charge in [0.05, 0.1) is 45.5 Å². The van der Waals surface area contributed by atoms with Crippen LogP contribution in [0.3, 0.4) is 0 Å². The average molecular weight is 935 g/mol. The Hall–Kier alpha value is -9.31. The van der Waals surface area contributed by atoms with E-state index < -0.39 is 0 Å². The van der Waals surface area contributed by atoms with Crippen LogP contribution in [0.2, 0.25) is 0 Å². The number of nitrogens with zero attached hydrogens (tertiary/aromatic N) is 8. The zero-order valence-corrected chi connectivity index (χ0v) is 39.4. The first kappa shape index (κ1) is 46.8. The van der Waals surface area contributed by atoms with Gasteiger partial charge in [-0.25, -0.2) is 0 Å². The quantitative estimate of drug-likeness (QED) is 0.0737. The topological polar surface area (TPSA) is 98.9 Å². The smallest absolute Gasteiger partial charge is 0.0631 e. The fourth-order valence-electron chi connectivity index (χ4n) is 6.79. The number of para-hydroxylation sites is 1. The van der Waals surface area contributed by atoms with E-state index in [9.17, 15) is 0 Å². The largest absolute Gasteiger partial charge is 0.256 e. The van der Waals surface area contributed by atoms with Crippen LogP contribution < -0.4 is 0 Å². The predicted octanol–water partition coefficient (Wildman–Crippen LogP) is 16.0. The molecule has 0 atom stereocenters. The van der Waals surface area contributed by atoms with Crippen molar-refractivity contribution in [2.24, 2.45) is 39.9 Å². The molecular weight excluding hydrogens is 889 g/mol. The Kier molecular flexibility index (Phi) is 15.9. The third kappa shape index (κ3) is 14.8. The van der Waals surface area contributed by atoms with Gasteiger partial charge in [-0.15, -0.1) is 12.6 Å². The summed E-state index contributed by atoms with van der Waals surface area (Å²) in [6, 6.07) is 73.6. The fraction of sp³-hybridized carbons (Fsp3) is 0. The average Bonchev–Trinajstić information content (AvgIpc) is 3.43. The monoisotopic (exact) mass is 934 g/mol. The fourth-order valence-corrected chi connectivity index (χ4v) is 6.94. The Balaban J connectivity index is 0.694. The lowest BCUT2D eigenvalue weighted by molar-refractivity contribution is 1.43. The number of hydrogen-bond acceptors (Lipinski definition) is 9. The van der Waals surface area contributed by atoms with Gasteiger partial charge >= 0.3 is 0 Å². The van der Waals surface area contributed by atoms with Crippen molar-refractivity contribution >= 4 is 108 Å². The number of hydrogen-bond donors (Lipinski definition) is 1. The Labute approximate surface area is 419 Å². The summed E-state index contributed by atoms with van der Waals surface area (Å²) in [5, 5.41) is 0. The zero-order valence-electron chi connectivity index (χ0n) is 38.5. The molecule has 9 heteroatoms. The van der Waals surface area contributed by atoms with E-state index in [4.69, 9.17) is 0 Å². The highest BCUT2D eigenvalue weighted by molar-refractivity contribution is 7.80. The van der Waals surface area contributed by atoms with Crippen molar-refractivity contribution in [1.82, 2.24) is 0 Å². The highest BCUT2D eigenvalue weighted by Gasteiger charge is 1.99. The third-order valence-electron chi connectivity index (χ3n) is 10.8. The highest BCUT2D eigenvalue weighted by atomic mass is 32.1. The molecule has 0 fully saturated rings. The minimum Gasteiger partial charge on any atom is -0.256 e. The Morgan fingerprint density at radius 2 is 0.338 bits per heavy atom. The van der Waals surface area contributed by atoms with E-state index in [-0.39, 0.29) is 0 Å². The molecule has 0 aliphatic heterocycles. The maximum atomic E-state index is 4.66. The van der Waals surface area contributed by atoms with Crippen LogP contribution in [-0.4, -0.2) is 49.7 Å². The van der Waals surface area contributed by atoms with Crippen molar-refractivity contribution in [3.8, 4) is 0 Å². The molecular formula is C62H46N8S. The molecule has 9 aromatic carbocycles. The molecule has 340 valence electrons. The van der Waals surface area contributed by atoms with Gasteiger partial charge in [0.25, 0.3) is 0 Å². The molecule has 0 aliphatic carbocycles. The van der Waals surface area contributed by atoms with Crippen LogP contribution >= 0.6 is 12.6 Å². The van der Waals surface area contributed by atoms with Crippen LogP contribution in [0.5, 0.6) is 0 Å². The zero-order chi connectivity index (χ0) is 48.3. The summed E-state index contributed by atoms with van der Waals surface area (Å²) in [4.78, 5) is 37.8. The Morgan fingerprint density at radius 3 is 0.521 bits per heavy atom. The molecule has 9 rings (SSSR count). The van der Waals surface area contributed by atoms with Crippen molar-refractivity contribution in [3.05, 3.63) is 269 Å². The number of rotatable bonds is 16. The number of aliphatic imine (C=N–C) groups is 8. The van der Waals surface area contributed by atoms with Crippen LogP contribution in [0.25, 0.3) is 0 Å². The second kappa shape index (κ2) is 24.1. The van der Waals surface area contributed by atoms with E-state index in [1.54, 1.807) is 0 Å². The van der Waals surface area contributed by atoms with Crippen LogP contribution in [0.4, 0.5) is 45.5 Å². The maximum Gasteiger partial charge on any atom is 0.0631 e. The van der Waals surface area contributed by atoms with Crippen LogP contribution in [0.1, 0.15) is 44.5 Å². The van der Waals surface area contributed by atoms with Crippen molar-refractivity contribution < 1.29 is 0 Å². The van der Waals surface area contributed by atoms with E-state index in [2.05, 4.69) is 52.6 Å². The van der Waals surface area contributed by atoms with Gasteiger partial charge < -0.3 is 0 Å². The van der Waals surface area contributed by atoms with Crippen LogP contribution in [-0.2, 0) is 0 Å². The normalized spacial score (nSPS) is 12.1. The summed E-state index contributed by atoms with van der Waals surface area (Å²) in [6.07, 6.45) is 14.8. The Morgan fingerprint density at radius 1 is 0.183 bits per heavy atom. The number of benzene rings is 9. The summed E-state index contributed by atoms with van der Waals surface area (Å²) in [6.45, 7) is 0. The van der Waals surface area contributed by atoms with Gasteiger partial charge in [-0.3, -0.25) is 39.9 Å². The van der Waals surface area contributed by atoms with E-state index in [0.29, 0.717) is 0 Å². The molecule has 71 heavy (non-hydrogen) atoms. The van der Waals surface area contributed by atoms with E-state index in [0.717, 1.165) is 94.9 Å². The lowest BCUT2D eigenvalue weighted by atomic mass is 10.1. The molecule has 0 saturated carbocycles. The van der Waals surface area contributed by atoms with Gasteiger partial charge in [0.1, 0.15) is 0 Å². The maximum absolute atomic E-state index is 4.66. The molecule has 0 aromatic heterocycles. The summed E-state index contributed by atoms with van der Waals surface area (Å²) in [5.41, 5.74) is 14.9. The first-order valence-electron chi connectivity index (χ1n) is 22.9. The lowest BCUT2D eigenvalue weighted by Gasteiger charge is -1.99. The molecule has 9 aromatic rings. The van der Waals surface area contributed by atoms with E-state index in [1.165, 1.54) is 0 Å². The molecule has 0 saturated heterocycles. The summed E-state index contributed by atoms with van der Waals surface area (Å²) < 4.78 is 0. The van der Waals surface area contributed by atoms with Gasteiger partial charge in [0.15, 0.2) is 0 Å². The molecule has 8 nitrogen and oxygen atoms in total. The molecule has 0 bridgehead atoms. The second-order valence-corrected chi connectivity index (χ2v) is 16.6. The highest BCUT2D eigenvalue weighted by Crippen LogP contribution is 2.23. The summed E-state index contributed by atoms with van der Waals surface area (Å²) in [7, 11) is 0. The SMILES string of the molecule is Sc1ccc(N=Cc2ccc(C=Nc3ccc(N=Cc4ccc(C=Nc5ccc(N=Cc6ccc(C=Nc7ccc(N=Cc8ccc(C=Nc9ccccc9)cc8)cc7)cc6)cc5)cc4)cc3)cc2)cc1. The Bertz CT molecular complexity index is 3380. The van der Waals surface area contributed by atoms with Gasteiger partial charge in [-0.1, -0.05) is 115 Å². The molecule has 0 spiro atoms. The van der Waals surface area contributed by atoms with Crippen LogP contribution in [0.15, 0.2) is 269 Å². The molecule has 0 aliphatic rings. The van der Waals surface area contributed by atoms with Crippen molar-refractivity contribution in [1.29, 1.82) is 0 Å².